The average molecular weight is 133 g/mol. The Labute approximate surface area is 54.8 Å². The molecule has 0 rings (SSSR count). The highest BCUT2D eigenvalue weighted by Gasteiger charge is 1.83. The molecule has 0 spiro atoms. The van der Waals surface area contributed by atoms with Gasteiger partial charge < -0.3 is 4.29 Å². The highest BCUT2D eigenvalue weighted by molar-refractivity contribution is 6.08. The number of halogens is 1. The maximum absolute atomic E-state index is 4.99. The van der Waals surface area contributed by atoms with Crippen molar-refractivity contribution in [3.05, 3.63) is 24.0 Å². The van der Waals surface area contributed by atoms with Gasteiger partial charge in [0.25, 0.3) is 0 Å². The van der Waals surface area contributed by atoms with Crippen molar-refractivity contribution in [2.75, 3.05) is 0 Å². The molecule has 0 N–H and O–H groups in total. The van der Waals surface area contributed by atoms with Crippen LogP contribution in [0.4, 0.5) is 0 Å². The Bertz CT molecular complexity index is 116. The van der Waals surface area contributed by atoms with Crippen molar-refractivity contribution in [2.24, 2.45) is 0 Å². The maximum Gasteiger partial charge on any atom is 0.134 e. The number of hydrogen-bond acceptors (Lipinski definition) is 1. The van der Waals surface area contributed by atoms with Gasteiger partial charge in [-0.15, -0.1) is 0 Å². The summed E-state index contributed by atoms with van der Waals surface area (Å²) < 4.78 is 4.33. The normalized spacial score (nSPS) is 11.1. The van der Waals surface area contributed by atoms with Crippen LogP contribution in [0.5, 0.6) is 0 Å². The van der Waals surface area contributed by atoms with Crippen molar-refractivity contribution in [1.82, 2.24) is 0 Å². The molecular weight excluding hydrogens is 124 g/mol. The van der Waals surface area contributed by atoms with Gasteiger partial charge in [-0.25, -0.2) is 0 Å². The summed E-state index contributed by atoms with van der Waals surface area (Å²) in [5.74, 6) is 0.666. The summed E-state index contributed by atoms with van der Waals surface area (Å²) in [6.45, 7) is 7.27. The largest absolute Gasteiger partial charge is 0.390 e. The van der Waals surface area contributed by atoms with Crippen molar-refractivity contribution in [1.29, 1.82) is 0 Å². The van der Waals surface area contributed by atoms with Crippen LogP contribution in [-0.4, -0.2) is 0 Å². The van der Waals surface area contributed by atoms with Crippen LogP contribution >= 0.6 is 11.9 Å². The Hall–Kier alpha value is -0.430. The Kier molecular flexibility index (Phi) is 3.37. The standard InChI is InChI=1S/C6H9ClO/c1-5(2)4-6(3)8-7/h4H,1H2,2-3H3/b6-4+. The number of hydrogen-bond donors (Lipinski definition) is 0. The predicted molar refractivity (Wildman–Crippen MR) is 35.5 cm³/mol. The molecular formula is C6H9ClO. The van der Waals surface area contributed by atoms with Gasteiger partial charge in [-0.05, 0) is 19.9 Å². The lowest BCUT2D eigenvalue weighted by molar-refractivity contribution is 0.475. The van der Waals surface area contributed by atoms with Gasteiger partial charge in [-0.3, -0.25) is 0 Å². The molecule has 0 fully saturated rings. The Morgan fingerprint density at radius 3 is 2.25 bits per heavy atom. The van der Waals surface area contributed by atoms with E-state index in [4.69, 9.17) is 11.9 Å². The van der Waals surface area contributed by atoms with E-state index in [1.54, 1.807) is 13.0 Å². The fourth-order valence-electron chi connectivity index (χ4n) is 0.369. The quantitative estimate of drug-likeness (QED) is 0.415. The predicted octanol–water partition coefficient (Wildman–Crippen LogP) is 2.64. The minimum absolute atomic E-state index is 0.666. The van der Waals surface area contributed by atoms with Crippen LogP contribution in [0.25, 0.3) is 0 Å². The molecule has 1 nitrogen and oxygen atoms in total. The van der Waals surface area contributed by atoms with Crippen LogP contribution < -0.4 is 0 Å². The third-order valence-corrected chi connectivity index (χ3v) is 0.815. The molecule has 0 aliphatic heterocycles. The van der Waals surface area contributed by atoms with Crippen LogP contribution in [0.1, 0.15) is 13.8 Å². The van der Waals surface area contributed by atoms with E-state index in [1.807, 2.05) is 6.92 Å². The van der Waals surface area contributed by atoms with Crippen LogP contribution in [0.2, 0.25) is 0 Å². The lowest BCUT2D eigenvalue weighted by atomic mass is 10.3. The Morgan fingerprint density at radius 1 is 1.62 bits per heavy atom. The van der Waals surface area contributed by atoms with Crippen molar-refractivity contribution in [2.45, 2.75) is 13.8 Å². The first kappa shape index (κ1) is 7.57. The zero-order valence-electron chi connectivity index (χ0n) is 5.07. The van der Waals surface area contributed by atoms with E-state index in [9.17, 15) is 0 Å². The van der Waals surface area contributed by atoms with Gasteiger partial charge in [0.15, 0.2) is 0 Å². The van der Waals surface area contributed by atoms with E-state index in [0.717, 1.165) is 5.57 Å². The summed E-state index contributed by atoms with van der Waals surface area (Å²) >= 11 is 4.99. The van der Waals surface area contributed by atoms with Gasteiger partial charge in [0.2, 0.25) is 0 Å². The van der Waals surface area contributed by atoms with Gasteiger partial charge in [-0.2, -0.15) is 0 Å². The molecule has 46 valence electrons. The molecule has 0 radical (unpaired) electrons. The monoisotopic (exact) mass is 132 g/mol. The topological polar surface area (TPSA) is 9.23 Å². The van der Waals surface area contributed by atoms with Crippen molar-refractivity contribution < 1.29 is 4.29 Å². The molecule has 0 aromatic carbocycles. The van der Waals surface area contributed by atoms with Crippen molar-refractivity contribution >= 4 is 11.9 Å². The molecule has 2 heteroatoms. The first-order valence-electron chi connectivity index (χ1n) is 2.29. The Morgan fingerprint density at radius 2 is 2.12 bits per heavy atom. The van der Waals surface area contributed by atoms with Crippen LogP contribution in [0, 0.1) is 0 Å². The van der Waals surface area contributed by atoms with Crippen LogP contribution in [-0.2, 0) is 4.29 Å². The summed E-state index contributed by atoms with van der Waals surface area (Å²) in [5.41, 5.74) is 0.933. The average Bonchev–Trinajstić information content (AvgIpc) is 1.65. The van der Waals surface area contributed by atoms with Crippen LogP contribution in [0.3, 0.4) is 0 Å². The minimum Gasteiger partial charge on any atom is -0.390 e. The molecule has 0 amide bonds. The third kappa shape index (κ3) is 3.75. The molecule has 8 heavy (non-hydrogen) atoms. The van der Waals surface area contributed by atoms with Gasteiger partial charge in [0.05, 0.1) is 0 Å². The summed E-state index contributed by atoms with van der Waals surface area (Å²) in [7, 11) is 0. The van der Waals surface area contributed by atoms with E-state index >= 15 is 0 Å². The highest BCUT2D eigenvalue weighted by atomic mass is 35.5. The number of rotatable bonds is 2. The third-order valence-electron chi connectivity index (χ3n) is 0.571. The lowest BCUT2D eigenvalue weighted by Crippen LogP contribution is -1.72. The summed E-state index contributed by atoms with van der Waals surface area (Å²) in [5, 5.41) is 0. The zero-order chi connectivity index (χ0) is 6.57. The lowest BCUT2D eigenvalue weighted by Gasteiger charge is -1.91. The first-order valence-corrected chi connectivity index (χ1v) is 2.60. The van der Waals surface area contributed by atoms with E-state index in [-0.39, 0.29) is 0 Å². The summed E-state index contributed by atoms with van der Waals surface area (Å²) in [6.07, 6.45) is 1.76. The van der Waals surface area contributed by atoms with Gasteiger partial charge in [-0.1, -0.05) is 12.2 Å². The molecule has 0 aliphatic rings. The molecule has 0 aromatic rings. The fraction of sp³-hybridized carbons (Fsp3) is 0.333. The van der Waals surface area contributed by atoms with Gasteiger partial charge in [0, 0.05) is 0 Å². The molecule has 0 bridgehead atoms. The smallest absolute Gasteiger partial charge is 0.134 e. The molecule has 0 atom stereocenters. The van der Waals surface area contributed by atoms with Gasteiger partial charge in [0.1, 0.15) is 17.6 Å². The maximum atomic E-state index is 4.99. The molecule has 0 saturated carbocycles. The second kappa shape index (κ2) is 3.56. The minimum atomic E-state index is 0.666. The van der Waals surface area contributed by atoms with E-state index in [2.05, 4.69) is 10.9 Å². The molecule has 0 heterocycles. The molecule has 0 unspecified atom stereocenters. The van der Waals surface area contributed by atoms with E-state index < -0.39 is 0 Å². The van der Waals surface area contributed by atoms with E-state index in [1.165, 1.54) is 0 Å². The van der Waals surface area contributed by atoms with Crippen LogP contribution in [0.15, 0.2) is 24.0 Å². The van der Waals surface area contributed by atoms with Gasteiger partial charge >= 0.3 is 0 Å². The second-order valence-electron chi connectivity index (χ2n) is 1.68. The summed E-state index contributed by atoms with van der Waals surface area (Å²) in [6, 6.07) is 0. The first-order chi connectivity index (χ1) is 3.66. The van der Waals surface area contributed by atoms with E-state index in [0.29, 0.717) is 5.76 Å². The molecule has 0 aromatic heterocycles. The summed E-state index contributed by atoms with van der Waals surface area (Å²) in [4.78, 5) is 0. The molecule has 0 saturated heterocycles. The number of allylic oxidation sites excluding steroid dienone is 3. The zero-order valence-corrected chi connectivity index (χ0v) is 5.83. The Balaban J connectivity index is 3.75. The highest BCUT2D eigenvalue weighted by Crippen LogP contribution is 2.01. The second-order valence-corrected chi connectivity index (χ2v) is 1.83. The van der Waals surface area contributed by atoms with Crippen molar-refractivity contribution in [3.63, 3.8) is 0 Å². The van der Waals surface area contributed by atoms with Crippen molar-refractivity contribution in [3.8, 4) is 0 Å². The molecule has 0 aliphatic carbocycles. The SMILES string of the molecule is C=C(C)/C=C(\C)OCl. The fourth-order valence-corrected chi connectivity index (χ4v) is 0.414.